The Kier molecular flexibility index (Phi) is 4.03. The van der Waals surface area contributed by atoms with Crippen LogP contribution in [0.2, 0.25) is 0 Å². The average molecular weight is 241 g/mol. The van der Waals surface area contributed by atoms with Gasteiger partial charge in [-0.1, -0.05) is 0 Å². The smallest absolute Gasteiger partial charge is 0.166 e. The Hall–Kier alpha value is -0.350. The van der Waals surface area contributed by atoms with Gasteiger partial charge in [-0.2, -0.15) is 0 Å². The third-order valence-electron chi connectivity index (χ3n) is 3.51. The Morgan fingerprint density at radius 3 is 2.69 bits per heavy atom. The van der Waals surface area contributed by atoms with Crippen molar-refractivity contribution in [2.75, 3.05) is 19.6 Å². The summed E-state index contributed by atoms with van der Waals surface area (Å²) in [4.78, 5) is 2.55. The zero-order valence-electron chi connectivity index (χ0n) is 10.3. The van der Waals surface area contributed by atoms with Crippen molar-refractivity contribution in [1.29, 1.82) is 0 Å². The van der Waals surface area contributed by atoms with Crippen LogP contribution in [0.3, 0.4) is 0 Å². The molecule has 4 heteroatoms. The molecule has 2 rings (SSSR count). The van der Waals surface area contributed by atoms with Crippen molar-refractivity contribution < 1.29 is 0 Å². The molecule has 0 spiro atoms. The fourth-order valence-electron chi connectivity index (χ4n) is 2.20. The maximum absolute atomic E-state index is 5.25. The maximum Gasteiger partial charge on any atom is 0.166 e. The molecule has 0 amide bonds. The maximum atomic E-state index is 5.25. The highest BCUT2D eigenvalue weighted by Gasteiger charge is 2.25. The summed E-state index contributed by atoms with van der Waals surface area (Å²) in [5.41, 5.74) is 0. The lowest BCUT2D eigenvalue weighted by molar-refractivity contribution is 0.265. The van der Waals surface area contributed by atoms with E-state index in [0.717, 1.165) is 17.6 Å². The van der Waals surface area contributed by atoms with Gasteiger partial charge in [0.15, 0.2) is 5.11 Å². The van der Waals surface area contributed by atoms with Crippen LogP contribution in [-0.4, -0.2) is 41.7 Å². The van der Waals surface area contributed by atoms with E-state index in [1.165, 1.54) is 32.4 Å². The summed E-state index contributed by atoms with van der Waals surface area (Å²) >= 11 is 5.25. The monoisotopic (exact) mass is 241 g/mol. The first-order valence-electron chi connectivity index (χ1n) is 6.43. The lowest BCUT2D eigenvalue weighted by Gasteiger charge is -2.20. The van der Waals surface area contributed by atoms with Crippen LogP contribution in [-0.2, 0) is 0 Å². The second kappa shape index (κ2) is 5.32. The molecule has 0 aromatic rings. The molecule has 2 fully saturated rings. The summed E-state index contributed by atoms with van der Waals surface area (Å²) in [6.45, 7) is 8.04. The van der Waals surface area contributed by atoms with Crippen molar-refractivity contribution >= 4 is 17.3 Å². The van der Waals surface area contributed by atoms with Gasteiger partial charge in [-0.25, -0.2) is 0 Å². The minimum atomic E-state index is 0.663. The zero-order chi connectivity index (χ0) is 11.5. The lowest BCUT2D eigenvalue weighted by Crippen LogP contribution is -2.39. The normalized spacial score (nSPS) is 26.1. The van der Waals surface area contributed by atoms with Crippen LogP contribution in [0.5, 0.6) is 0 Å². The third kappa shape index (κ3) is 3.59. The highest BCUT2D eigenvalue weighted by atomic mass is 32.1. The molecule has 0 aromatic carbocycles. The minimum absolute atomic E-state index is 0.663. The van der Waals surface area contributed by atoms with Gasteiger partial charge in [0.05, 0.1) is 0 Å². The summed E-state index contributed by atoms with van der Waals surface area (Å²) in [6.07, 6.45) is 3.87. The van der Waals surface area contributed by atoms with Crippen molar-refractivity contribution in [3.8, 4) is 0 Å². The van der Waals surface area contributed by atoms with E-state index in [9.17, 15) is 0 Å². The van der Waals surface area contributed by atoms with Gasteiger partial charge in [-0.05, 0) is 57.8 Å². The molecular formula is C12H23N3S. The van der Waals surface area contributed by atoms with Crippen molar-refractivity contribution in [1.82, 2.24) is 15.5 Å². The summed E-state index contributed by atoms with van der Waals surface area (Å²) in [5.74, 6) is 0.765. The van der Waals surface area contributed by atoms with Crippen LogP contribution in [0.15, 0.2) is 0 Å². The molecule has 0 bridgehead atoms. The van der Waals surface area contributed by atoms with E-state index < -0.39 is 0 Å². The summed E-state index contributed by atoms with van der Waals surface area (Å²) in [5, 5.41) is 7.52. The molecule has 16 heavy (non-hydrogen) atoms. The fraction of sp³-hybridized carbons (Fsp3) is 0.917. The topological polar surface area (TPSA) is 27.3 Å². The van der Waals surface area contributed by atoms with Gasteiger partial charge in [0.2, 0.25) is 0 Å². The SMILES string of the molecule is CC(C)N1CCC(CNC(=S)NC2CC2)C1. The Morgan fingerprint density at radius 1 is 1.38 bits per heavy atom. The van der Waals surface area contributed by atoms with E-state index in [-0.39, 0.29) is 0 Å². The molecule has 1 atom stereocenters. The van der Waals surface area contributed by atoms with Crippen LogP contribution in [0.1, 0.15) is 33.1 Å². The summed E-state index contributed by atoms with van der Waals surface area (Å²) in [6, 6.07) is 1.34. The van der Waals surface area contributed by atoms with E-state index in [0.29, 0.717) is 12.1 Å². The number of thiocarbonyl (C=S) groups is 1. The highest BCUT2D eigenvalue weighted by molar-refractivity contribution is 7.80. The van der Waals surface area contributed by atoms with E-state index >= 15 is 0 Å². The lowest BCUT2D eigenvalue weighted by atomic mass is 10.1. The van der Waals surface area contributed by atoms with E-state index in [1.54, 1.807) is 0 Å². The van der Waals surface area contributed by atoms with Gasteiger partial charge < -0.3 is 15.5 Å². The van der Waals surface area contributed by atoms with Crippen LogP contribution >= 0.6 is 12.2 Å². The first-order valence-corrected chi connectivity index (χ1v) is 6.84. The molecule has 0 radical (unpaired) electrons. The molecule has 2 N–H and O–H groups in total. The molecule has 3 nitrogen and oxygen atoms in total. The predicted molar refractivity (Wildman–Crippen MR) is 71.6 cm³/mol. The molecule has 1 saturated heterocycles. The molecule has 2 aliphatic rings. The molecule has 1 unspecified atom stereocenters. The Labute approximate surface area is 104 Å². The van der Waals surface area contributed by atoms with Crippen molar-refractivity contribution in [2.24, 2.45) is 5.92 Å². The molecule has 1 heterocycles. The van der Waals surface area contributed by atoms with Crippen molar-refractivity contribution in [2.45, 2.75) is 45.2 Å². The molecule has 92 valence electrons. The number of likely N-dealkylation sites (tertiary alicyclic amines) is 1. The van der Waals surface area contributed by atoms with Crippen LogP contribution < -0.4 is 10.6 Å². The second-order valence-corrected chi connectivity index (χ2v) is 5.78. The molecule has 1 saturated carbocycles. The first kappa shape index (κ1) is 12.1. The molecule has 0 aromatic heterocycles. The number of rotatable bonds is 4. The average Bonchev–Trinajstić information content (AvgIpc) is 2.91. The van der Waals surface area contributed by atoms with E-state index in [2.05, 4.69) is 29.4 Å². The quantitative estimate of drug-likeness (QED) is 0.727. The summed E-state index contributed by atoms with van der Waals surface area (Å²) in [7, 11) is 0. The Balaban J connectivity index is 1.61. The number of hydrogen-bond donors (Lipinski definition) is 2. The van der Waals surface area contributed by atoms with Crippen molar-refractivity contribution in [3.05, 3.63) is 0 Å². The van der Waals surface area contributed by atoms with Crippen LogP contribution in [0.25, 0.3) is 0 Å². The number of hydrogen-bond acceptors (Lipinski definition) is 2. The molecule has 1 aliphatic carbocycles. The largest absolute Gasteiger partial charge is 0.362 e. The zero-order valence-corrected chi connectivity index (χ0v) is 11.1. The van der Waals surface area contributed by atoms with Gasteiger partial charge >= 0.3 is 0 Å². The number of nitrogens with zero attached hydrogens (tertiary/aromatic N) is 1. The van der Waals surface area contributed by atoms with Gasteiger partial charge in [-0.15, -0.1) is 0 Å². The van der Waals surface area contributed by atoms with Gasteiger partial charge in [0, 0.05) is 25.2 Å². The molecule has 1 aliphatic heterocycles. The third-order valence-corrected chi connectivity index (χ3v) is 3.77. The van der Waals surface area contributed by atoms with Crippen molar-refractivity contribution in [3.63, 3.8) is 0 Å². The Bertz CT molecular complexity index is 251. The molecular weight excluding hydrogens is 218 g/mol. The van der Waals surface area contributed by atoms with Crippen LogP contribution in [0.4, 0.5) is 0 Å². The summed E-state index contributed by atoms with van der Waals surface area (Å²) < 4.78 is 0. The number of nitrogens with one attached hydrogen (secondary N) is 2. The second-order valence-electron chi connectivity index (χ2n) is 5.37. The predicted octanol–water partition coefficient (Wildman–Crippen LogP) is 1.34. The van der Waals surface area contributed by atoms with Gasteiger partial charge in [0.1, 0.15) is 0 Å². The van der Waals surface area contributed by atoms with E-state index in [1.807, 2.05) is 0 Å². The van der Waals surface area contributed by atoms with Crippen LogP contribution in [0, 0.1) is 5.92 Å². The minimum Gasteiger partial charge on any atom is -0.362 e. The standard InChI is InChI=1S/C12H23N3S/c1-9(2)15-6-5-10(8-15)7-13-12(16)14-11-3-4-11/h9-11H,3-8H2,1-2H3,(H2,13,14,16). The highest BCUT2D eigenvalue weighted by Crippen LogP contribution is 2.19. The fourth-order valence-corrected chi connectivity index (χ4v) is 2.45. The van der Waals surface area contributed by atoms with Gasteiger partial charge in [-0.3, -0.25) is 0 Å². The van der Waals surface area contributed by atoms with E-state index in [4.69, 9.17) is 12.2 Å². The van der Waals surface area contributed by atoms with Gasteiger partial charge in [0.25, 0.3) is 0 Å². The first-order chi connectivity index (χ1) is 7.65. The Morgan fingerprint density at radius 2 is 2.12 bits per heavy atom.